The van der Waals surface area contributed by atoms with Crippen molar-refractivity contribution in [2.45, 2.75) is 84.7 Å². The molecule has 0 aliphatic heterocycles. The van der Waals surface area contributed by atoms with Gasteiger partial charge in [-0.1, -0.05) is 12.2 Å². The zero-order valence-corrected chi connectivity index (χ0v) is 18.3. The number of fused-ring (bicyclic) bond motifs is 1. The average molecular weight is 395 g/mol. The highest BCUT2D eigenvalue weighted by atomic mass is 16.6. The highest BCUT2D eigenvalue weighted by molar-refractivity contribution is 5.93. The molecule has 1 N–H and O–H groups in total. The summed E-state index contributed by atoms with van der Waals surface area (Å²) in [5.41, 5.74) is -3.57. The maximum atomic E-state index is 13.1. The van der Waals surface area contributed by atoms with Crippen molar-refractivity contribution in [2.24, 2.45) is 17.8 Å². The largest absolute Gasteiger partial charge is 0.460 e. The van der Waals surface area contributed by atoms with Crippen LogP contribution in [-0.2, 0) is 23.8 Å². The van der Waals surface area contributed by atoms with Crippen LogP contribution in [0.5, 0.6) is 0 Å². The van der Waals surface area contributed by atoms with E-state index in [0.717, 1.165) is 0 Å². The number of carbonyl (C=O) groups excluding carboxylic acids is 3. The minimum Gasteiger partial charge on any atom is -0.460 e. The fourth-order valence-corrected chi connectivity index (χ4v) is 3.42. The molecule has 28 heavy (non-hydrogen) atoms. The second-order valence-corrected chi connectivity index (χ2v) is 10.5. The SMILES string of the molecule is CC(C)(C)OC(=O)N[C@@]1(C(=O)OC(C)(C)C)C=CC2C(C(=O)OC(C)(C)C)C21. The summed E-state index contributed by atoms with van der Waals surface area (Å²) >= 11 is 0. The van der Waals surface area contributed by atoms with Gasteiger partial charge in [0.1, 0.15) is 16.8 Å². The number of hydrogen-bond acceptors (Lipinski definition) is 6. The Hall–Kier alpha value is -2.05. The highest BCUT2D eigenvalue weighted by Crippen LogP contribution is 2.59. The number of alkyl carbamates (subject to hydrolysis) is 1. The monoisotopic (exact) mass is 395 g/mol. The lowest BCUT2D eigenvalue weighted by Gasteiger charge is -2.33. The van der Waals surface area contributed by atoms with Crippen LogP contribution in [-0.4, -0.2) is 40.4 Å². The normalized spacial score (nSPS) is 29.0. The summed E-state index contributed by atoms with van der Waals surface area (Å²) in [6.07, 6.45) is 2.65. The summed E-state index contributed by atoms with van der Waals surface area (Å²) in [7, 11) is 0. The van der Waals surface area contributed by atoms with E-state index >= 15 is 0 Å². The van der Waals surface area contributed by atoms with Crippen molar-refractivity contribution in [1.82, 2.24) is 5.32 Å². The average Bonchev–Trinajstić information content (AvgIpc) is 3.02. The standard InChI is InChI=1S/C21H33NO6/c1-18(2,3)26-15(23)13-12-10-11-21(14(12)13,16(24)27-19(4,5)6)22-17(25)28-20(7,8)9/h10-14H,1-9H3,(H,22,25)/t12?,13?,14?,21-/m0/s1. The number of amides is 1. The summed E-state index contributed by atoms with van der Waals surface area (Å²) in [6, 6.07) is 0. The summed E-state index contributed by atoms with van der Waals surface area (Å²) in [5, 5.41) is 2.68. The number of hydrogen-bond donors (Lipinski definition) is 1. The van der Waals surface area contributed by atoms with Gasteiger partial charge in [0.2, 0.25) is 0 Å². The molecule has 0 saturated heterocycles. The number of rotatable bonds is 3. The Morgan fingerprint density at radius 1 is 0.821 bits per heavy atom. The summed E-state index contributed by atoms with van der Waals surface area (Å²) < 4.78 is 16.4. The second kappa shape index (κ2) is 6.78. The van der Waals surface area contributed by atoms with Gasteiger partial charge >= 0.3 is 18.0 Å². The fourth-order valence-electron chi connectivity index (χ4n) is 3.42. The van der Waals surface area contributed by atoms with Gasteiger partial charge in [-0.15, -0.1) is 0 Å². The first kappa shape index (κ1) is 22.2. The van der Waals surface area contributed by atoms with Gasteiger partial charge in [0.25, 0.3) is 0 Å². The number of carbonyl (C=O) groups is 3. The third-order valence-corrected chi connectivity index (χ3v) is 4.31. The van der Waals surface area contributed by atoms with E-state index in [9.17, 15) is 14.4 Å². The fraction of sp³-hybridized carbons (Fsp3) is 0.762. The van der Waals surface area contributed by atoms with Crippen molar-refractivity contribution >= 4 is 18.0 Å². The van der Waals surface area contributed by atoms with Crippen LogP contribution in [0.25, 0.3) is 0 Å². The van der Waals surface area contributed by atoms with Gasteiger partial charge in [0, 0.05) is 5.92 Å². The first-order valence-electron chi connectivity index (χ1n) is 9.62. The number of ether oxygens (including phenoxy) is 3. The summed E-state index contributed by atoms with van der Waals surface area (Å²) in [6.45, 7) is 15.8. The molecule has 7 nitrogen and oxygen atoms in total. The van der Waals surface area contributed by atoms with E-state index in [-0.39, 0.29) is 11.9 Å². The van der Waals surface area contributed by atoms with Crippen LogP contribution >= 0.6 is 0 Å². The van der Waals surface area contributed by atoms with Crippen LogP contribution < -0.4 is 5.32 Å². The van der Waals surface area contributed by atoms with Crippen LogP contribution in [0.1, 0.15) is 62.3 Å². The molecule has 2 aliphatic carbocycles. The van der Waals surface area contributed by atoms with E-state index in [4.69, 9.17) is 14.2 Å². The molecule has 4 atom stereocenters. The lowest BCUT2D eigenvalue weighted by atomic mass is 9.92. The second-order valence-electron chi connectivity index (χ2n) is 10.5. The molecule has 0 heterocycles. The van der Waals surface area contributed by atoms with E-state index in [1.165, 1.54) is 0 Å². The first-order chi connectivity index (χ1) is 12.5. The molecule has 0 aromatic rings. The Labute approximate surface area is 167 Å². The van der Waals surface area contributed by atoms with Gasteiger partial charge in [-0.2, -0.15) is 0 Å². The molecule has 3 unspecified atom stereocenters. The molecule has 1 amide bonds. The van der Waals surface area contributed by atoms with Gasteiger partial charge in [0.05, 0.1) is 5.92 Å². The molecule has 2 aliphatic rings. The zero-order valence-electron chi connectivity index (χ0n) is 18.3. The maximum Gasteiger partial charge on any atom is 0.408 e. The summed E-state index contributed by atoms with van der Waals surface area (Å²) in [5.74, 6) is -2.14. The quantitative estimate of drug-likeness (QED) is 0.448. The van der Waals surface area contributed by atoms with Gasteiger partial charge in [-0.25, -0.2) is 9.59 Å². The van der Waals surface area contributed by atoms with Gasteiger partial charge in [0.15, 0.2) is 5.54 Å². The molecule has 0 radical (unpaired) electrons. The van der Waals surface area contributed by atoms with E-state index < -0.39 is 46.2 Å². The van der Waals surface area contributed by atoms with Gasteiger partial charge < -0.3 is 19.5 Å². The molecular weight excluding hydrogens is 362 g/mol. The molecule has 2 rings (SSSR count). The predicted octanol–water partition coefficient (Wildman–Crippen LogP) is 3.37. The van der Waals surface area contributed by atoms with Crippen LogP contribution in [0.2, 0.25) is 0 Å². The van der Waals surface area contributed by atoms with Gasteiger partial charge in [-0.05, 0) is 68.2 Å². The Kier molecular flexibility index (Phi) is 5.38. The molecule has 0 aromatic heterocycles. The summed E-state index contributed by atoms with van der Waals surface area (Å²) in [4.78, 5) is 38.1. The highest BCUT2D eigenvalue weighted by Gasteiger charge is 2.71. The van der Waals surface area contributed by atoms with Crippen molar-refractivity contribution in [1.29, 1.82) is 0 Å². The molecular formula is C21H33NO6. The Balaban J connectivity index is 2.28. The van der Waals surface area contributed by atoms with Crippen LogP contribution in [0.15, 0.2) is 12.2 Å². The lowest BCUT2D eigenvalue weighted by molar-refractivity contribution is -0.163. The number of esters is 2. The minimum atomic E-state index is -1.46. The van der Waals surface area contributed by atoms with Crippen LogP contribution in [0.4, 0.5) is 4.79 Å². The Morgan fingerprint density at radius 2 is 1.32 bits per heavy atom. The predicted molar refractivity (Wildman–Crippen MR) is 103 cm³/mol. The van der Waals surface area contributed by atoms with Crippen LogP contribution in [0.3, 0.4) is 0 Å². The first-order valence-corrected chi connectivity index (χ1v) is 9.62. The lowest BCUT2D eigenvalue weighted by Crippen LogP contribution is -2.57. The van der Waals surface area contributed by atoms with E-state index in [0.29, 0.717) is 0 Å². The Bertz CT molecular complexity index is 691. The number of allylic oxidation sites excluding steroid dienone is 1. The van der Waals surface area contributed by atoms with E-state index in [1.807, 2.05) is 0 Å². The van der Waals surface area contributed by atoms with Crippen molar-refractivity contribution < 1.29 is 28.6 Å². The van der Waals surface area contributed by atoms with Gasteiger partial charge in [-0.3, -0.25) is 4.79 Å². The minimum absolute atomic E-state index is 0.183. The van der Waals surface area contributed by atoms with Crippen molar-refractivity contribution in [3.05, 3.63) is 12.2 Å². The molecule has 0 spiro atoms. The van der Waals surface area contributed by atoms with E-state index in [1.54, 1.807) is 74.5 Å². The molecule has 0 bridgehead atoms. The van der Waals surface area contributed by atoms with Crippen LogP contribution in [0, 0.1) is 17.8 Å². The van der Waals surface area contributed by atoms with Crippen molar-refractivity contribution in [3.63, 3.8) is 0 Å². The third-order valence-electron chi connectivity index (χ3n) is 4.31. The van der Waals surface area contributed by atoms with E-state index in [2.05, 4.69) is 5.32 Å². The zero-order chi connectivity index (χ0) is 21.7. The maximum absolute atomic E-state index is 13.1. The van der Waals surface area contributed by atoms with Crippen molar-refractivity contribution in [3.8, 4) is 0 Å². The molecule has 0 aromatic carbocycles. The molecule has 1 saturated carbocycles. The number of nitrogens with one attached hydrogen (secondary N) is 1. The topological polar surface area (TPSA) is 90.9 Å². The van der Waals surface area contributed by atoms with Crippen molar-refractivity contribution in [2.75, 3.05) is 0 Å². The molecule has 158 valence electrons. The molecule has 1 fully saturated rings. The third kappa shape index (κ3) is 5.06. The molecule has 7 heteroatoms. The Morgan fingerprint density at radius 3 is 1.79 bits per heavy atom. The smallest absolute Gasteiger partial charge is 0.408 e.